The first kappa shape index (κ1) is 27.7. The molecule has 1 aliphatic rings. The fourth-order valence-corrected chi connectivity index (χ4v) is 5.01. The van der Waals surface area contributed by atoms with Crippen LogP contribution in [0.2, 0.25) is 5.02 Å². The predicted octanol–water partition coefficient (Wildman–Crippen LogP) is 6.83. The van der Waals surface area contributed by atoms with Crippen molar-refractivity contribution in [2.75, 3.05) is 6.61 Å². The van der Waals surface area contributed by atoms with Gasteiger partial charge in [0, 0.05) is 35.2 Å². The second-order valence-electron chi connectivity index (χ2n) is 9.90. The molecule has 214 valence electrons. The van der Waals surface area contributed by atoms with Gasteiger partial charge in [0.2, 0.25) is 5.88 Å². The molecule has 1 N–H and O–H groups in total. The molecule has 1 fully saturated rings. The molecule has 7 nitrogen and oxygen atoms in total. The summed E-state index contributed by atoms with van der Waals surface area (Å²) in [6.45, 7) is 0.811. The molecule has 5 aromatic rings. The molecule has 0 unspecified atom stereocenters. The number of imidazole rings is 1. The maximum absolute atomic E-state index is 15.4. The number of hydrogen-bond donors (Lipinski definition) is 1. The van der Waals surface area contributed by atoms with Crippen LogP contribution in [-0.2, 0) is 24.3 Å². The van der Waals surface area contributed by atoms with Gasteiger partial charge in [0.25, 0.3) is 0 Å². The van der Waals surface area contributed by atoms with Crippen LogP contribution >= 0.6 is 11.6 Å². The number of carboxylic acids is 1. The quantitative estimate of drug-likeness (QED) is 0.202. The van der Waals surface area contributed by atoms with Crippen LogP contribution in [0, 0.1) is 17.5 Å². The summed E-state index contributed by atoms with van der Waals surface area (Å²) in [5, 5.41) is 9.68. The number of pyridine rings is 1. The number of aromatic carboxylic acids is 1. The number of hydrogen-bond acceptors (Lipinski definition) is 5. The van der Waals surface area contributed by atoms with Crippen LogP contribution in [0.3, 0.4) is 0 Å². The Balaban J connectivity index is 1.25. The largest absolute Gasteiger partial charge is 0.478 e. The van der Waals surface area contributed by atoms with Gasteiger partial charge in [-0.1, -0.05) is 29.8 Å². The summed E-state index contributed by atoms with van der Waals surface area (Å²) in [7, 11) is 0. The molecule has 3 aromatic carbocycles. The molecule has 1 atom stereocenters. The summed E-state index contributed by atoms with van der Waals surface area (Å²) in [6.07, 6.45) is 0.807. The Morgan fingerprint density at radius 2 is 1.88 bits per heavy atom. The van der Waals surface area contributed by atoms with Crippen molar-refractivity contribution in [1.82, 2.24) is 14.5 Å². The molecule has 42 heavy (non-hydrogen) atoms. The van der Waals surface area contributed by atoms with Crippen LogP contribution in [-0.4, -0.2) is 38.3 Å². The van der Waals surface area contributed by atoms with Crippen molar-refractivity contribution in [3.8, 4) is 17.1 Å². The van der Waals surface area contributed by atoms with E-state index in [1.54, 1.807) is 41.0 Å². The maximum Gasteiger partial charge on any atom is 0.338 e. The zero-order chi connectivity index (χ0) is 29.4. The number of fused-ring (bicyclic) bond motifs is 1. The van der Waals surface area contributed by atoms with Crippen molar-refractivity contribution in [2.45, 2.75) is 32.1 Å². The van der Waals surface area contributed by atoms with Crippen molar-refractivity contribution in [3.05, 3.63) is 112 Å². The van der Waals surface area contributed by atoms with E-state index < -0.39 is 29.0 Å². The summed E-state index contributed by atoms with van der Waals surface area (Å²) in [6, 6.07) is 16.5. The molecule has 11 heteroatoms. The molecular formula is C31H23ClF3N3O4. The molecular weight excluding hydrogens is 571 g/mol. The number of nitrogens with zero attached hydrogens (tertiary/aromatic N) is 3. The van der Waals surface area contributed by atoms with E-state index in [2.05, 4.69) is 9.97 Å². The van der Waals surface area contributed by atoms with E-state index in [9.17, 15) is 14.3 Å². The fraction of sp³-hybridized carbons (Fsp3) is 0.194. The van der Waals surface area contributed by atoms with E-state index in [0.29, 0.717) is 41.3 Å². The van der Waals surface area contributed by atoms with Gasteiger partial charge in [0.05, 0.1) is 29.4 Å². The number of carboxylic acid groups (broad SMARTS) is 1. The first-order chi connectivity index (χ1) is 20.3. The smallest absolute Gasteiger partial charge is 0.338 e. The lowest BCUT2D eigenvalue weighted by molar-refractivity contribution is -0.0590. The predicted molar refractivity (Wildman–Crippen MR) is 149 cm³/mol. The van der Waals surface area contributed by atoms with Crippen LogP contribution in [0.15, 0.2) is 66.7 Å². The van der Waals surface area contributed by atoms with Crippen molar-refractivity contribution in [1.29, 1.82) is 0 Å². The van der Waals surface area contributed by atoms with Crippen LogP contribution < -0.4 is 4.74 Å². The first-order valence-corrected chi connectivity index (χ1v) is 13.5. The first-order valence-electron chi connectivity index (χ1n) is 13.1. The summed E-state index contributed by atoms with van der Waals surface area (Å²) < 4.78 is 57.5. The second kappa shape index (κ2) is 11.5. The minimum Gasteiger partial charge on any atom is -0.478 e. The highest BCUT2D eigenvalue weighted by Crippen LogP contribution is 2.29. The summed E-state index contributed by atoms with van der Waals surface area (Å²) in [4.78, 5) is 20.4. The van der Waals surface area contributed by atoms with Crippen molar-refractivity contribution < 1.29 is 32.5 Å². The number of benzene rings is 3. The van der Waals surface area contributed by atoms with Crippen LogP contribution in [0.5, 0.6) is 5.88 Å². The molecule has 3 heterocycles. The van der Waals surface area contributed by atoms with Gasteiger partial charge in [-0.3, -0.25) is 0 Å². The lowest BCUT2D eigenvalue weighted by Crippen LogP contribution is -2.32. The number of aromatic nitrogens is 3. The van der Waals surface area contributed by atoms with Gasteiger partial charge in [-0.05, 0) is 54.4 Å². The molecule has 1 saturated heterocycles. The molecule has 0 saturated carbocycles. The van der Waals surface area contributed by atoms with Gasteiger partial charge < -0.3 is 19.1 Å². The Kier molecular flexibility index (Phi) is 7.57. The zero-order valence-electron chi connectivity index (χ0n) is 22.0. The molecule has 0 bridgehead atoms. The van der Waals surface area contributed by atoms with Gasteiger partial charge in [0.1, 0.15) is 29.6 Å². The third kappa shape index (κ3) is 5.55. The van der Waals surface area contributed by atoms with Crippen LogP contribution in [0.4, 0.5) is 13.2 Å². The molecule has 0 aliphatic carbocycles. The number of halogens is 4. The molecule has 0 amide bonds. The van der Waals surface area contributed by atoms with Crippen LogP contribution in [0.1, 0.15) is 33.7 Å². The van der Waals surface area contributed by atoms with Gasteiger partial charge in [-0.15, -0.1) is 0 Å². The maximum atomic E-state index is 15.4. The third-order valence-corrected chi connectivity index (χ3v) is 7.36. The third-order valence-electron chi connectivity index (χ3n) is 7.12. The fourth-order valence-electron chi connectivity index (χ4n) is 4.85. The molecule has 1 aliphatic heterocycles. The van der Waals surface area contributed by atoms with Crippen molar-refractivity contribution in [2.24, 2.45) is 0 Å². The topological polar surface area (TPSA) is 86.5 Å². The zero-order valence-corrected chi connectivity index (χ0v) is 22.7. The SMILES string of the molecule is O=C(O)c1ccc2nc(Cc3ccc(-c4cccc(OCc5ccc(Cl)cc5F)n4)c(F)c3)n(C[C@@H]3CCO3)c2c1F. The Labute approximate surface area is 243 Å². The summed E-state index contributed by atoms with van der Waals surface area (Å²) in [5.41, 5.74) is 1.38. The molecule has 0 spiro atoms. The highest BCUT2D eigenvalue weighted by atomic mass is 35.5. The van der Waals surface area contributed by atoms with E-state index in [-0.39, 0.29) is 41.1 Å². The number of ether oxygens (including phenoxy) is 2. The van der Waals surface area contributed by atoms with E-state index in [0.717, 1.165) is 6.42 Å². The normalized spacial score (nSPS) is 14.6. The monoisotopic (exact) mass is 593 g/mol. The summed E-state index contributed by atoms with van der Waals surface area (Å²) >= 11 is 5.80. The van der Waals surface area contributed by atoms with E-state index >= 15 is 8.78 Å². The van der Waals surface area contributed by atoms with Gasteiger partial charge in [-0.25, -0.2) is 27.9 Å². The molecule has 0 radical (unpaired) electrons. The second-order valence-corrected chi connectivity index (χ2v) is 10.3. The van der Waals surface area contributed by atoms with Gasteiger partial charge >= 0.3 is 5.97 Å². The Morgan fingerprint density at radius 1 is 1.05 bits per heavy atom. The highest BCUT2D eigenvalue weighted by molar-refractivity contribution is 6.30. The van der Waals surface area contributed by atoms with Gasteiger partial charge in [-0.2, -0.15) is 0 Å². The van der Waals surface area contributed by atoms with E-state index in [4.69, 9.17) is 21.1 Å². The lowest BCUT2D eigenvalue weighted by Gasteiger charge is -2.27. The minimum atomic E-state index is -1.37. The highest BCUT2D eigenvalue weighted by Gasteiger charge is 2.25. The van der Waals surface area contributed by atoms with E-state index in [1.165, 1.54) is 30.3 Å². The standard InChI is InChI=1S/C31H23ClF3N3O4/c32-19-6-5-18(23(33)14-19)16-42-28-3-1-2-25(37-28)21-7-4-17(12-24(21)34)13-27-36-26-9-8-22(31(39)40)29(35)30(26)38(27)15-20-10-11-41-20/h1-9,12,14,20H,10-11,13,15-16H2,(H,39,40)/t20-/m0/s1. The van der Waals surface area contributed by atoms with Crippen molar-refractivity contribution in [3.63, 3.8) is 0 Å². The Morgan fingerprint density at radius 3 is 2.60 bits per heavy atom. The Bertz CT molecular complexity index is 1820. The summed E-state index contributed by atoms with van der Waals surface area (Å²) in [5.74, 6) is -2.63. The lowest BCUT2D eigenvalue weighted by atomic mass is 10.1. The molecule has 2 aromatic heterocycles. The average molecular weight is 594 g/mol. The minimum absolute atomic E-state index is 0.0805. The number of rotatable bonds is 9. The van der Waals surface area contributed by atoms with Crippen molar-refractivity contribution >= 4 is 28.6 Å². The Hall–Kier alpha value is -4.41. The molecule has 6 rings (SSSR count). The average Bonchev–Trinajstić information content (AvgIpc) is 3.28. The van der Waals surface area contributed by atoms with Gasteiger partial charge in [0.15, 0.2) is 5.82 Å². The van der Waals surface area contributed by atoms with Crippen LogP contribution in [0.25, 0.3) is 22.3 Å². The number of carbonyl (C=O) groups is 1. The van der Waals surface area contributed by atoms with E-state index in [1.807, 2.05) is 0 Å².